The number of fused-ring (bicyclic) bond motifs is 1. The van der Waals surface area contributed by atoms with Crippen molar-refractivity contribution in [2.24, 2.45) is 0 Å². The maximum atomic E-state index is 13.2. The molecule has 32 heavy (non-hydrogen) atoms. The van der Waals surface area contributed by atoms with E-state index in [-0.39, 0.29) is 11.9 Å². The van der Waals surface area contributed by atoms with Crippen LogP contribution in [-0.4, -0.2) is 45.9 Å². The van der Waals surface area contributed by atoms with Crippen LogP contribution in [0.2, 0.25) is 0 Å². The second-order valence-corrected chi connectivity index (χ2v) is 9.10. The van der Waals surface area contributed by atoms with Crippen LogP contribution in [0.15, 0.2) is 48.8 Å². The number of likely N-dealkylation sites (tertiary alicyclic amines) is 1. The summed E-state index contributed by atoms with van der Waals surface area (Å²) in [7, 11) is 0. The molecule has 168 valence electrons. The SMILES string of the molecule is O=C(NC1CCCCC1)C(Cc1ccc(Oc2ccnc3[nH]ccc23)cc1)N1CCCC1. The van der Waals surface area contributed by atoms with Gasteiger partial charge in [0.15, 0.2) is 0 Å². The Bertz CT molecular complexity index is 1030. The zero-order valence-electron chi connectivity index (χ0n) is 18.6. The number of rotatable bonds is 7. The number of nitrogens with one attached hydrogen (secondary N) is 2. The quantitative estimate of drug-likeness (QED) is 0.562. The number of H-pyrrole nitrogens is 1. The van der Waals surface area contributed by atoms with Crippen LogP contribution in [0, 0.1) is 0 Å². The third-order valence-electron chi connectivity index (χ3n) is 6.84. The van der Waals surface area contributed by atoms with Gasteiger partial charge in [0.05, 0.1) is 11.4 Å². The Hall–Kier alpha value is -2.86. The lowest BCUT2D eigenvalue weighted by Crippen LogP contribution is -2.50. The molecular formula is C26H32N4O2. The third-order valence-corrected chi connectivity index (χ3v) is 6.84. The first-order valence-electron chi connectivity index (χ1n) is 12.0. The van der Waals surface area contributed by atoms with Gasteiger partial charge in [-0.05, 0) is 75.0 Å². The first-order valence-corrected chi connectivity index (χ1v) is 12.0. The summed E-state index contributed by atoms with van der Waals surface area (Å²) in [6.07, 6.45) is 12.7. The van der Waals surface area contributed by atoms with Gasteiger partial charge in [0.2, 0.25) is 5.91 Å². The molecule has 3 aromatic rings. The number of carbonyl (C=O) groups excluding carboxylic acids is 1. The minimum Gasteiger partial charge on any atom is -0.457 e. The predicted molar refractivity (Wildman–Crippen MR) is 126 cm³/mol. The highest BCUT2D eigenvalue weighted by atomic mass is 16.5. The lowest BCUT2D eigenvalue weighted by atomic mass is 9.95. The van der Waals surface area contributed by atoms with Gasteiger partial charge < -0.3 is 15.0 Å². The molecule has 2 aromatic heterocycles. The monoisotopic (exact) mass is 432 g/mol. The van der Waals surface area contributed by atoms with Crippen LogP contribution in [0.5, 0.6) is 11.5 Å². The Morgan fingerprint density at radius 1 is 1.06 bits per heavy atom. The molecule has 1 aliphatic carbocycles. The van der Waals surface area contributed by atoms with E-state index < -0.39 is 0 Å². The van der Waals surface area contributed by atoms with Crippen LogP contribution in [0.1, 0.15) is 50.5 Å². The Kier molecular flexibility index (Phi) is 6.39. The van der Waals surface area contributed by atoms with E-state index in [0.717, 1.165) is 60.4 Å². The van der Waals surface area contributed by atoms with Crippen molar-refractivity contribution in [2.45, 2.75) is 63.5 Å². The van der Waals surface area contributed by atoms with Gasteiger partial charge in [-0.3, -0.25) is 9.69 Å². The van der Waals surface area contributed by atoms with Crippen LogP contribution in [-0.2, 0) is 11.2 Å². The van der Waals surface area contributed by atoms with Crippen molar-refractivity contribution in [3.63, 3.8) is 0 Å². The maximum absolute atomic E-state index is 13.2. The molecule has 1 atom stereocenters. The van der Waals surface area contributed by atoms with Crippen molar-refractivity contribution in [1.29, 1.82) is 0 Å². The Morgan fingerprint density at radius 3 is 2.62 bits per heavy atom. The number of aromatic amines is 1. The molecular weight excluding hydrogens is 400 g/mol. The molecule has 6 nitrogen and oxygen atoms in total. The topological polar surface area (TPSA) is 70.2 Å². The average molecular weight is 433 g/mol. The number of amides is 1. The Labute approximate surface area is 189 Å². The van der Waals surface area contributed by atoms with Crippen molar-refractivity contribution >= 4 is 16.9 Å². The Balaban J connectivity index is 1.27. The molecule has 1 amide bonds. The number of benzene rings is 1. The third kappa shape index (κ3) is 4.80. The predicted octanol–water partition coefficient (Wildman–Crippen LogP) is 4.81. The number of nitrogens with zero attached hydrogens (tertiary/aromatic N) is 2. The molecule has 2 N–H and O–H groups in total. The molecule has 1 unspecified atom stereocenters. The zero-order chi connectivity index (χ0) is 21.8. The lowest BCUT2D eigenvalue weighted by Gasteiger charge is -2.30. The number of aromatic nitrogens is 2. The van der Waals surface area contributed by atoms with Gasteiger partial charge >= 0.3 is 0 Å². The summed E-state index contributed by atoms with van der Waals surface area (Å²) >= 11 is 0. The molecule has 1 saturated heterocycles. The lowest BCUT2D eigenvalue weighted by molar-refractivity contribution is -0.127. The van der Waals surface area contributed by atoms with E-state index in [1.54, 1.807) is 6.20 Å². The van der Waals surface area contributed by atoms with E-state index in [2.05, 4.69) is 32.3 Å². The smallest absolute Gasteiger partial charge is 0.237 e. The highest BCUT2D eigenvalue weighted by Crippen LogP contribution is 2.29. The van der Waals surface area contributed by atoms with Gasteiger partial charge in [-0.2, -0.15) is 0 Å². The molecule has 0 radical (unpaired) electrons. The normalized spacial score (nSPS) is 18.6. The second kappa shape index (κ2) is 9.74. The van der Waals surface area contributed by atoms with E-state index in [4.69, 9.17) is 4.74 Å². The fourth-order valence-electron chi connectivity index (χ4n) is 5.05. The number of hydrogen-bond acceptors (Lipinski definition) is 4. The largest absolute Gasteiger partial charge is 0.457 e. The van der Waals surface area contributed by atoms with Gasteiger partial charge in [0, 0.05) is 18.4 Å². The molecule has 1 aromatic carbocycles. The first kappa shape index (κ1) is 21.0. The van der Waals surface area contributed by atoms with Crippen LogP contribution >= 0.6 is 0 Å². The minimum atomic E-state index is -0.0918. The van der Waals surface area contributed by atoms with Crippen molar-refractivity contribution in [1.82, 2.24) is 20.2 Å². The highest BCUT2D eigenvalue weighted by molar-refractivity contribution is 5.83. The van der Waals surface area contributed by atoms with E-state index >= 15 is 0 Å². The van der Waals surface area contributed by atoms with Gasteiger partial charge in [-0.25, -0.2) is 4.98 Å². The Morgan fingerprint density at radius 2 is 1.84 bits per heavy atom. The summed E-state index contributed by atoms with van der Waals surface area (Å²) in [6, 6.07) is 12.3. The fourth-order valence-corrected chi connectivity index (χ4v) is 5.05. The first-order chi connectivity index (χ1) is 15.8. The van der Waals surface area contributed by atoms with Gasteiger partial charge in [-0.15, -0.1) is 0 Å². The summed E-state index contributed by atoms with van der Waals surface area (Å²) in [5, 5.41) is 4.32. The number of hydrogen-bond donors (Lipinski definition) is 2. The molecule has 6 heteroatoms. The number of carbonyl (C=O) groups is 1. The molecule has 2 aliphatic rings. The molecule has 1 aliphatic heterocycles. The molecule has 1 saturated carbocycles. The van der Waals surface area contributed by atoms with Crippen molar-refractivity contribution < 1.29 is 9.53 Å². The summed E-state index contributed by atoms with van der Waals surface area (Å²) < 4.78 is 6.11. The molecule has 2 fully saturated rings. The molecule has 3 heterocycles. The second-order valence-electron chi connectivity index (χ2n) is 9.10. The molecule has 5 rings (SSSR count). The van der Waals surface area contributed by atoms with Crippen LogP contribution in [0.3, 0.4) is 0 Å². The summed E-state index contributed by atoms with van der Waals surface area (Å²) in [5.41, 5.74) is 1.98. The van der Waals surface area contributed by atoms with Crippen molar-refractivity contribution in [2.75, 3.05) is 13.1 Å². The molecule has 0 spiro atoms. The van der Waals surface area contributed by atoms with E-state index in [1.165, 1.54) is 32.1 Å². The van der Waals surface area contributed by atoms with Crippen molar-refractivity contribution in [3.8, 4) is 11.5 Å². The van der Waals surface area contributed by atoms with E-state index in [1.807, 2.05) is 30.5 Å². The van der Waals surface area contributed by atoms with Crippen LogP contribution in [0.4, 0.5) is 0 Å². The van der Waals surface area contributed by atoms with Gasteiger partial charge in [-0.1, -0.05) is 31.4 Å². The zero-order valence-corrected chi connectivity index (χ0v) is 18.6. The van der Waals surface area contributed by atoms with Crippen LogP contribution in [0.25, 0.3) is 11.0 Å². The van der Waals surface area contributed by atoms with Crippen LogP contribution < -0.4 is 10.1 Å². The summed E-state index contributed by atoms with van der Waals surface area (Å²) in [4.78, 5) is 23.0. The number of pyridine rings is 1. The molecule has 0 bridgehead atoms. The average Bonchev–Trinajstić information content (AvgIpc) is 3.52. The maximum Gasteiger partial charge on any atom is 0.237 e. The standard InChI is InChI=1S/C26H32N4O2/c31-26(29-20-6-2-1-3-7-20)23(30-16-4-5-17-30)18-19-8-10-21(11-9-19)32-24-13-15-28-25-22(24)12-14-27-25/h8-15,20,23H,1-7,16-18H2,(H,27,28)(H,29,31). The summed E-state index contributed by atoms with van der Waals surface area (Å²) in [5.74, 6) is 1.77. The van der Waals surface area contributed by atoms with Crippen molar-refractivity contribution in [3.05, 3.63) is 54.4 Å². The fraction of sp³-hybridized carbons (Fsp3) is 0.462. The highest BCUT2D eigenvalue weighted by Gasteiger charge is 2.30. The van der Waals surface area contributed by atoms with E-state index in [9.17, 15) is 4.79 Å². The van der Waals surface area contributed by atoms with Gasteiger partial charge in [0.25, 0.3) is 0 Å². The minimum absolute atomic E-state index is 0.0918. The summed E-state index contributed by atoms with van der Waals surface area (Å²) in [6.45, 7) is 2.03. The van der Waals surface area contributed by atoms with Gasteiger partial charge in [0.1, 0.15) is 17.1 Å². The van der Waals surface area contributed by atoms with E-state index in [0.29, 0.717) is 6.04 Å². The number of ether oxygens (including phenoxy) is 1.